The molecule has 7 nitrogen and oxygen atoms in total. The summed E-state index contributed by atoms with van der Waals surface area (Å²) >= 11 is 0. The molecule has 0 bridgehead atoms. The molecule has 7 heteroatoms. The molecular weight excluding hydrogens is 472 g/mol. The van der Waals surface area contributed by atoms with Gasteiger partial charge in [0.05, 0.1) is 22.9 Å². The molecule has 1 fully saturated rings. The van der Waals surface area contributed by atoms with Crippen LogP contribution in [0.2, 0.25) is 0 Å². The van der Waals surface area contributed by atoms with Crippen LogP contribution in [0, 0.1) is 16.7 Å². The third kappa shape index (κ3) is 8.15. The van der Waals surface area contributed by atoms with E-state index in [-0.39, 0.29) is 32.3 Å². The van der Waals surface area contributed by atoms with Gasteiger partial charge in [0, 0.05) is 6.61 Å². The Labute approximate surface area is 219 Å². The first-order valence-electron chi connectivity index (χ1n) is 12.8. The van der Waals surface area contributed by atoms with Gasteiger partial charge in [-0.2, -0.15) is 0 Å². The van der Waals surface area contributed by atoms with Crippen LogP contribution >= 0.6 is 0 Å². The molecule has 0 N–H and O–H groups in total. The van der Waals surface area contributed by atoms with Crippen molar-refractivity contribution >= 4 is 17.9 Å². The van der Waals surface area contributed by atoms with Crippen molar-refractivity contribution in [3.8, 4) is 0 Å². The van der Waals surface area contributed by atoms with Crippen LogP contribution in [-0.4, -0.2) is 37.2 Å². The molecule has 0 aromatic heterocycles. The van der Waals surface area contributed by atoms with E-state index in [1.54, 1.807) is 27.7 Å². The van der Waals surface area contributed by atoms with Crippen molar-refractivity contribution in [2.75, 3.05) is 13.2 Å². The Morgan fingerprint density at radius 2 is 1.38 bits per heavy atom. The summed E-state index contributed by atoms with van der Waals surface area (Å²) in [6.45, 7) is 7.71. The maximum atomic E-state index is 13.4. The molecule has 2 unspecified atom stereocenters. The Kier molecular flexibility index (Phi) is 9.86. The van der Waals surface area contributed by atoms with Crippen LogP contribution in [0.15, 0.2) is 60.7 Å². The summed E-state index contributed by atoms with van der Waals surface area (Å²) in [7, 11) is 0. The standard InChI is InChI=1S/C30H38O7/c1-29(2,27(32)36-19-22-12-7-5-8-13-22)18-25(26(31)35-21-24-16-11-17-34-24)30(3,4)28(33)37-20-23-14-9-6-10-15-23/h5-10,12-15,24-25H,11,16-21H2,1-4H3. The molecule has 1 aliphatic rings. The van der Waals surface area contributed by atoms with Gasteiger partial charge >= 0.3 is 17.9 Å². The lowest BCUT2D eigenvalue weighted by atomic mass is 9.70. The van der Waals surface area contributed by atoms with E-state index in [1.165, 1.54) is 0 Å². The third-order valence-corrected chi connectivity index (χ3v) is 6.81. The lowest BCUT2D eigenvalue weighted by Gasteiger charge is -2.35. The average Bonchev–Trinajstić information content (AvgIpc) is 3.42. The molecule has 200 valence electrons. The maximum Gasteiger partial charge on any atom is 0.312 e. The van der Waals surface area contributed by atoms with Crippen LogP contribution in [0.1, 0.15) is 58.1 Å². The van der Waals surface area contributed by atoms with E-state index in [9.17, 15) is 14.4 Å². The van der Waals surface area contributed by atoms with Crippen molar-refractivity contribution in [1.29, 1.82) is 0 Å². The summed E-state index contributed by atoms with van der Waals surface area (Å²) in [6, 6.07) is 18.7. The molecule has 0 spiro atoms. The first-order chi connectivity index (χ1) is 17.6. The monoisotopic (exact) mass is 510 g/mol. The summed E-state index contributed by atoms with van der Waals surface area (Å²) in [4.78, 5) is 39.7. The minimum Gasteiger partial charge on any atom is -0.463 e. The number of carbonyl (C=O) groups is 3. The van der Waals surface area contributed by atoms with Crippen molar-refractivity contribution in [3.63, 3.8) is 0 Å². The van der Waals surface area contributed by atoms with Crippen molar-refractivity contribution in [1.82, 2.24) is 0 Å². The van der Waals surface area contributed by atoms with Crippen LogP contribution in [0.4, 0.5) is 0 Å². The highest BCUT2D eigenvalue weighted by Gasteiger charge is 2.48. The van der Waals surface area contributed by atoms with Crippen LogP contribution in [-0.2, 0) is 46.5 Å². The predicted octanol–water partition coefficient (Wildman–Crippen LogP) is 5.25. The molecule has 0 saturated carbocycles. The quantitative estimate of drug-likeness (QED) is 0.284. The average molecular weight is 511 g/mol. The SMILES string of the molecule is CC(C)(CC(C(=O)OCC1CCCO1)C(C)(C)C(=O)OCc1ccccc1)C(=O)OCc1ccccc1. The van der Waals surface area contributed by atoms with Crippen molar-refractivity contribution < 1.29 is 33.3 Å². The highest BCUT2D eigenvalue weighted by Crippen LogP contribution is 2.39. The summed E-state index contributed by atoms with van der Waals surface area (Å²) < 4.78 is 22.4. The van der Waals surface area contributed by atoms with Gasteiger partial charge in [-0.1, -0.05) is 60.7 Å². The smallest absolute Gasteiger partial charge is 0.312 e. The Balaban J connectivity index is 1.72. The van der Waals surface area contributed by atoms with E-state index in [2.05, 4.69) is 0 Å². The van der Waals surface area contributed by atoms with Crippen LogP contribution in [0.5, 0.6) is 0 Å². The van der Waals surface area contributed by atoms with E-state index in [0.29, 0.717) is 6.61 Å². The fourth-order valence-corrected chi connectivity index (χ4v) is 4.25. The Hall–Kier alpha value is -3.19. The van der Waals surface area contributed by atoms with Crippen LogP contribution in [0.25, 0.3) is 0 Å². The molecular formula is C30H38O7. The van der Waals surface area contributed by atoms with Crippen molar-refractivity contribution in [2.45, 2.75) is 66.3 Å². The van der Waals surface area contributed by atoms with E-state index in [4.69, 9.17) is 18.9 Å². The van der Waals surface area contributed by atoms with Gasteiger partial charge in [-0.05, 0) is 58.1 Å². The fraction of sp³-hybridized carbons (Fsp3) is 0.500. The molecule has 37 heavy (non-hydrogen) atoms. The number of ether oxygens (including phenoxy) is 4. The molecule has 0 aliphatic carbocycles. The number of carbonyl (C=O) groups excluding carboxylic acids is 3. The van der Waals surface area contributed by atoms with Gasteiger partial charge in [0.25, 0.3) is 0 Å². The minimum absolute atomic E-state index is 0.0540. The van der Waals surface area contributed by atoms with Gasteiger partial charge in [0.2, 0.25) is 0 Å². The molecule has 2 aromatic rings. The molecule has 2 aromatic carbocycles. The van der Waals surface area contributed by atoms with Gasteiger partial charge in [-0.15, -0.1) is 0 Å². The van der Waals surface area contributed by atoms with Gasteiger partial charge in [-0.25, -0.2) is 0 Å². The number of benzene rings is 2. The number of rotatable bonds is 12. The first-order valence-corrected chi connectivity index (χ1v) is 12.8. The number of hydrogen-bond donors (Lipinski definition) is 0. The zero-order valence-corrected chi connectivity index (χ0v) is 22.2. The largest absolute Gasteiger partial charge is 0.463 e. The van der Waals surface area contributed by atoms with Crippen LogP contribution < -0.4 is 0 Å². The normalized spacial score (nSPS) is 16.6. The topological polar surface area (TPSA) is 88.1 Å². The lowest BCUT2D eigenvalue weighted by Crippen LogP contribution is -2.44. The van der Waals surface area contributed by atoms with E-state index >= 15 is 0 Å². The summed E-state index contributed by atoms with van der Waals surface area (Å²) in [5.74, 6) is -2.48. The second-order valence-corrected chi connectivity index (χ2v) is 10.8. The van der Waals surface area contributed by atoms with Gasteiger partial charge in [0.15, 0.2) is 0 Å². The summed E-state index contributed by atoms with van der Waals surface area (Å²) in [5, 5.41) is 0. The summed E-state index contributed by atoms with van der Waals surface area (Å²) in [5.41, 5.74) is -0.600. The Bertz CT molecular complexity index is 1020. The molecule has 1 aliphatic heterocycles. The summed E-state index contributed by atoms with van der Waals surface area (Å²) in [6.07, 6.45) is 1.64. The highest BCUT2D eigenvalue weighted by molar-refractivity contribution is 5.86. The van der Waals surface area contributed by atoms with Crippen molar-refractivity contribution in [2.24, 2.45) is 16.7 Å². The molecule has 1 heterocycles. The number of hydrogen-bond acceptors (Lipinski definition) is 7. The highest BCUT2D eigenvalue weighted by atomic mass is 16.6. The maximum absolute atomic E-state index is 13.4. The first kappa shape index (κ1) is 28.4. The van der Waals surface area contributed by atoms with Crippen molar-refractivity contribution in [3.05, 3.63) is 71.8 Å². The van der Waals surface area contributed by atoms with Gasteiger partial charge in [0.1, 0.15) is 19.8 Å². The van der Waals surface area contributed by atoms with Gasteiger partial charge < -0.3 is 18.9 Å². The lowest BCUT2D eigenvalue weighted by molar-refractivity contribution is -0.174. The zero-order valence-electron chi connectivity index (χ0n) is 22.2. The Morgan fingerprint density at radius 3 is 1.89 bits per heavy atom. The molecule has 0 amide bonds. The third-order valence-electron chi connectivity index (χ3n) is 6.81. The van der Waals surface area contributed by atoms with Crippen LogP contribution in [0.3, 0.4) is 0 Å². The number of esters is 3. The van der Waals surface area contributed by atoms with Gasteiger partial charge in [-0.3, -0.25) is 14.4 Å². The molecule has 1 saturated heterocycles. The predicted molar refractivity (Wildman–Crippen MR) is 138 cm³/mol. The molecule has 0 radical (unpaired) electrons. The van der Waals surface area contributed by atoms with E-state index in [0.717, 1.165) is 24.0 Å². The molecule has 2 atom stereocenters. The van der Waals surface area contributed by atoms with E-state index in [1.807, 2.05) is 60.7 Å². The second-order valence-electron chi connectivity index (χ2n) is 10.8. The zero-order chi connectivity index (χ0) is 26.9. The molecule has 3 rings (SSSR count). The minimum atomic E-state index is -1.25. The fourth-order valence-electron chi connectivity index (χ4n) is 4.25. The Morgan fingerprint density at radius 1 is 0.838 bits per heavy atom. The second kappa shape index (κ2) is 12.9. The van der Waals surface area contributed by atoms with E-state index < -0.39 is 34.7 Å².